The second-order valence-corrected chi connectivity index (χ2v) is 8.77. The van der Waals surface area contributed by atoms with Gasteiger partial charge in [-0.3, -0.25) is 9.10 Å². The number of carbonyl (C=O) groups excluding carboxylic acids is 1. The number of benzene rings is 2. The van der Waals surface area contributed by atoms with Crippen molar-refractivity contribution in [2.24, 2.45) is 0 Å². The second-order valence-electron chi connectivity index (χ2n) is 6.09. The van der Waals surface area contributed by atoms with Crippen LogP contribution in [0.15, 0.2) is 42.5 Å². The summed E-state index contributed by atoms with van der Waals surface area (Å²) < 4.78 is 31.2. The maximum Gasteiger partial charge on any atom is 0.243 e. The Kier molecular flexibility index (Phi) is 7.57. The van der Waals surface area contributed by atoms with E-state index in [1.165, 1.54) is 25.1 Å². The minimum Gasteiger partial charge on any atom is -0.494 e. The predicted octanol–water partition coefficient (Wildman–Crippen LogP) is 3.86. The topological polar surface area (TPSA) is 75.7 Å². The number of hydrogen-bond donors (Lipinski definition) is 1. The van der Waals surface area contributed by atoms with Crippen molar-refractivity contribution in [1.29, 1.82) is 0 Å². The zero-order chi connectivity index (χ0) is 20.9. The fraction of sp³-hybridized carbons (Fsp3) is 0.316. The first kappa shape index (κ1) is 22.3. The van der Waals surface area contributed by atoms with Crippen LogP contribution in [0, 0.1) is 0 Å². The first-order valence-electron chi connectivity index (χ1n) is 8.58. The quantitative estimate of drug-likeness (QED) is 0.670. The smallest absolute Gasteiger partial charge is 0.243 e. The first-order chi connectivity index (χ1) is 13.1. The van der Waals surface area contributed by atoms with Crippen LogP contribution in [-0.2, 0) is 21.4 Å². The monoisotopic (exact) mass is 444 g/mol. The summed E-state index contributed by atoms with van der Waals surface area (Å²) in [5.41, 5.74) is 1.06. The molecule has 0 radical (unpaired) electrons. The van der Waals surface area contributed by atoms with E-state index in [1.807, 2.05) is 31.2 Å². The summed E-state index contributed by atoms with van der Waals surface area (Å²) in [6.45, 7) is 4.09. The summed E-state index contributed by atoms with van der Waals surface area (Å²) in [4.78, 5) is 12.7. The van der Waals surface area contributed by atoms with Gasteiger partial charge in [0.25, 0.3) is 0 Å². The number of nitrogens with zero attached hydrogens (tertiary/aromatic N) is 1. The van der Waals surface area contributed by atoms with Gasteiger partial charge in [0, 0.05) is 12.1 Å². The molecule has 1 N–H and O–H groups in total. The molecular weight excluding hydrogens is 423 g/mol. The molecule has 0 aliphatic heterocycles. The Balaban J connectivity index is 2.22. The van der Waals surface area contributed by atoms with Gasteiger partial charge in [-0.15, -0.1) is 0 Å². The third-order valence-electron chi connectivity index (χ3n) is 3.97. The number of carbonyl (C=O) groups is 1. The van der Waals surface area contributed by atoms with Gasteiger partial charge in [0.05, 0.1) is 28.6 Å². The first-order valence-corrected chi connectivity index (χ1v) is 11.2. The number of hydrogen-bond acceptors (Lipinski definition) is 4. The van der Waals surface area contributed by atoms with Gasteiger partial charge < -0.3 is 10.1 Å². The molecule has 2 aromatic carbocycles. The lowest BCUT2D eigenvalue weighted by molar-refractivity contribution is -0.122. The van der Waals surface area contributed by atoms with Gasteiger partial charge in [-0.25, -0.2) is 8.42 Å². The standard InChI is InChI=1S/C19H22Cl2N2O4S/c1-4-27-18-8-6-5-7-14(18)12-22-19(24)13(2)23(28(3,25)26)15-9-10-16(20)17(21)11-15/h5-11,13H,4,12H2,1-3H3,(H,22,24). The molecule has 0 saturated heterocycles. The SMILES string of the molecule is CCOc1ccccc1CNC(=O)C(C)N(c1ccc(Cl)c(Cl)c1)S(C)(=O)=O. The number of rotatable bonds is 8. The van der Waals surface area contributed by atoms with Crippen LogP contribution in [0.3, 0.4) is 0 Å². The Morgan fingerprint density at radius 2 is 1.86 bits per heavy atom. The van der Waals surface area contributed by atoms with Crippen LogP contribution in [0.2, 0.25) is 10.0 Å². The van der Waals surface area contributed by atoms with Crippen LogP contribution >= 0.6 is 23.2 Å². The number of sulfonamides is 1. The second kappa shape index (κ2) is 9.49. The zero-order valence-electron chi connectivity index (χ0n) is 15.8. The highest BCUT2D eigenvalue weighted by Crippen LogP contribution is 2.29. The number of anilines is 1. The van der Waals surface area contributed by atoms with Crippen LogP contribution in [0.25, 0.3) is 0 Å². The molecule has 1 unspecified atom stereocenters. The van der Waals surface area contributed by atoms with Gasteiger partial charge in [0.15, 0.2) is 0 Å². The molecule has 0 saturated carbocycles. The van der Waals surface area contributed by atoms with E-state index < -0.39 is 22.0 Å². The summed E-state index contributed by atoms with van der Waals surface area (Å²) in [5, 5.41) is 3.26. The fourth-order valence-electron chi connectivity index (χ4n) is 2.71. The normalized spacial score (nSPS) is 12.3. The number of amides is 1. The van der Waals surface area contributed by atoms with Crippen molar-refractivity contribution >= 4 is 44.8 Å². The molecule has 1 amide bonds. The summed E-state index contributed by atoms with van der Waals surface area (Å²) in [6, 6.07) is 10.7. The number of ether oxygens (including phenoxy) is 1. The van der Waals surface area contributed by atoms with Crippen LogP contribution < -0.4 is 14.4 Å². The van der Waals surface area contributed by atoms with Crippen LogP contribution in [-0.4, -0.2) is 33.2 Å². The molecule has 0 aliphatic rings. The highest BCUT2D eigenvalue weighted by Gasteiger charge is 2.29. The van der Waals surface area contributed by atoms with E-state index in [1.54, 1.807) is 0 Å². The van der Waals surface area contributed by atoms with E-state index in [-0.39, 0.29) is 17.3 Å². The lowest BCUT2D eigenvalue weighted by Gasteiger charge is -2.28. The molecule has 0 bridgehead atoms. The van der Waals surface area contributed by atoms with Crippen molar-refractivity contribution in [3.8, 4) is 5.75 Å². The van der Waals surface area contributed by atoms with Crippen molar-refractivity contribution in [3.05, 3.63) is 58.1 Å². The summed E-state index contributed by atoms with van der Waals surface area (Å²) in [7, 11) is -3.75. The number of halogens is 2. The average Bonchev–Trinajstić information content (AvgIpc) is 2.63. The lowest BCUT2D eigenvalue weighted by atomic mass is 10.2. The Morgan fingerprint density at radius 1 is 1.18 bits per heavy atom. The van der Waals surface area contributed by atoms with E-state index in [4.69, 9.17) is 27.9 Å². The third-order valence-corrected chi connectivity index (χ3v) is 5.95. The molecule has 2 rings (SSSR count). The van der Waals surface area contributed by atoms with Crippen molar-refractivity contribution in [2.45, 2.75) is 26.4 Å². The zero-order valence-corrected chi connectivity index (χ0v) is 18.1. The predicted molar refractivity (Wildman–Crippen MR) is 113 cm³/mol. The van der Waals surface area contributed by atoms with E-state index in [0.29, 0.717) is 17.4 Å². The van der Waals surface area contributed by atoms with Crippen molar-refractivity contribution in [3.63, 3.8) is 0 Å². The van der Waals surface area contributed by atoms with Gasteiger partial charge in [0.2, 0.25) is 15.9 Å². The Bertz CT molecular complexity index is 951. The Morgan fingerprint density at radius 3 is 2.46 bits per heavy atom. The summed E-state index contributed by atoms with van der Waals surface area (Å²) in [5.74, 6) is 0.213. The van der Waals surface area contributed by atoms with Crippen molar-refractivity contribution in [1.82, 2.24) is 5.32 Å². The lowest BCUT2D eigenvalue weighted by Crippen LogP contribution is -2.47. The minimum absolute atomic E-state index is 0.200. The molecule has 1 atom stereocenters. The van der Waals surface area contributed by atoms with Gasteiger partial charge in [0.1, 0.15) is 11.8 Å². The highest BCUT2D eigenvalue weighted by atomic mass is 35.5. The molecule has 152 valence electrons. The molecule has 0 aliphatic carbocycles. The van der Waals surface area contributed by atoms with Crippen LogP contribution in [0.5, 0.6) is 5.75 Å². The molecule has 2 aromatic rings. The van der Waals surface area contributed by atoms with Crippen LogP contribution in [0.4, 0.5) is 5.69 Å². The van der Waals surface area contributed by atoms with Gasteiger partial charge >= 0.3 is 0 Å². The van der Waals surface area contributed by atoms with Crippen molar-refractivity contribution in [2.75, 3.05) is 17.2 Å². The maximum atomic E-state index is 12.7. The summed E-state index contributed by atoms with van der Waals surface area (Å²) >= 11 is 11.9. The van der Waals surface area contributed by atoms with Crippen molar-refractivity contribution < 1.29 is 17.9 Å². The molecule has 0 fully saturated rings. The molecule has 6 nitrogen and oxygen atoms in total. The summed E-state index contributed by atoms with van der Waals surface area (Å²) in [6.07, 6.45) is 1.03. The number of para-hydroxylation sites is 1. The van der Waals surface area contributed by atoms with E-state index in [0.717, 1.165) is 16.1 Å². The number of nitrogens with one attached hydrogen (secondary N) is 1. The minimum atomic E-state index is -3.75. The molecule has 0 spiro atoms. The third kappa shape index (κ3) is 5.53. The molecule has 0 aromatic heterocycles. The Hall–Kier alpha value is -1.96. The van der Waals surface area contributed by atoms with Gasteiger partial charge in [-0.2, -0.15) is 0 Å². The molecule has 28 heavy (non-hydrogen) atoms. The van der Waals surface area contributed by atoms with Gasteiger partial charge in [-0.05, 0) is 38.1 Å². The fourth-order valence-corrected chi connectivity index (χ4v) is 4.17. The van der Waals surface area contributed by atoms with E-state index >= 15 is 0 Å². The average molecular weight is 445 g/mol. The largest absolute Gasteiger partial charge is 0.494 e. The van der Waals surface area contributed by atoms with Gasteiger partial charge in [-0.1, -0.05) is 41.4 Å². The van der Waals surface area contributed by atoms with Crippen LogP contribution in [0.1, 0.15) is 19.4 Å². The molecular formula is C19H22Cl2N2O4S. The van der Waals surface area contributed by atoms with E-state index in [2.05, 4.69) is 5.32 Å². The molecule has 0 heterocycles. The highest BCUT2D eigenvalue weighted by molar-refractivity contribution is 7.92. The maximum absolute atomic E-state index is 12.7. The van der Waals surface area contributed by atoms with E-state index in [9.17, 15) is 13.2 Å². The molecule has 9 heteroatoms. The Labute approximate surface area is 175 Å².